The van der Waals surface area contributed by atoms with Crippen molar-refractivity contribution in [2.45, 2.75) is 31.1 Å². The zero-order chi connectivity index (χ0) is 21.3. The average Bonchev–Trinajstić information content (AvgIpc) is 3.19. The maximum Gasteiger partial charge on any atom is 0.157 e. The van der Waals surface area contributed by atoms with Crippen molar-refractivity contribution >= 4 is 28.0 Å². The van der Waals surface area contributed by atoms with Gasteiger partial charge in [-0.2, -0.15) is 14.9 Å². The number of aromatic nitrogens is 3. The van der Waals surface area contributed by atoms with Crippen LogP contribution in [0, 0.1) is 11.3 Å². The van der Waals surface area contributed by atoms with E-state index in [1.165, 1.54) is 5.56 Å². The lowest BCUT2D eigenvalue weighted by Gasteiger charge is -2.20. The number of nitriles is 1. The van der Waals surface area contributed by atoms with Crippen molar-refractivity contribution in [2.24, 2.45) is 0 Å². The molecule has 1 atom stereocenters. The Labute approximate surface area is 179 Å². The molecular formula is C24H23N5S. The molecule has 0 aliphatic heterocycles. The SMILES string of the molecule is C=S(Nc1ccnc2cc(-c3ccc(C#N)cc3)nn12)c1ccc(C(C)(C)C)cc1. The smallest absolute Gasteiger partial charge is 0.157 e. The van der Waals surface area contributed by atoms with Gasteiger partial charge in [-0.3, -0.25) is 0 Å². The number of hydrogen-bond donors (Lipinski definition) is 1. The van der Waals surface area contributed by atoms with Crippen LogP contribution < -0.4 is 4.72 Å². The summed E-state index contributed by atoms with van der Waals surface area (Å²) in [6.07, 6.45) is 1.77. The van der Waals surface area contributed by atoms with Crippen LogP contribution in [-0.2, 0) is 5.41 Å². The lowest BCUT2D eigenvalue weighted by Crippen LogP contribution is -2.10. The van der Waals surface area contributed by atoms with Crippen LogP contribution in [0.2, 0.25) is 0 Å². The van der Waals surface area contributed by atoms with Gasteiger partial charge in [0, 0.05) is 22.7 Å². The maximum atomic E-state index is 8.99. The summed E-state index contributed by atoms with van der Waals surface area (Å²) < 4.78 is 5.27. The summed E-state index contributed by atoms with van der Waals surface area (Å²) in [4.78, 5) is 5.56. The monoisotopic (exact) mass is 413 g/mol. The van der Waals surface area contributed by atoms with Gasteiger partial charge in [0.25, 0.3) is 0 Å². The molecule has 0 saturated carbocycles. The minimum Gasteiger partial charge on any atom is -0.317 e. The molecule has 0 amide bonds. The van der Waals surface area contributed by atoms with Crippen LogP contribution in [0.5, 0.6) is 0 Å². The molecule has 150 valence electrons. The summed E-state index contributed by atoms with van der Waals surface area (Å²) in [5.74, 6) is 5.14. The van der Waals surface area contributed by atoms with Crippen LogP contribution in [0.3, 0.4) is 0 Å². The zero-order valence-electron chi connectivity index (χ0n) is 17.3. The van der Waals surface area contributed by atoms with E-state index in [2.05, 4.69) is 66.7 Å². The second-order valence-corrected chi connectivity index (χ2v) is 9.54. The standard InChI is InChI=1S/C24H23N5S/c1-24(2,3)19-9-11-20(12-10-19)30(4)28-22-13-14-26-23-15-21(27-29(22)23)18-7-5-17(16-25)6-8-18/h5-15,28H,4H2,1-3H3. The lowest BCUT2D eigenvalue weighted by atomic mass is 9.87. The summed E-state index contributed by atoms with van der Waals surface area (Å²) in [7, 11) is -0.440. The molecule has 2 heterocycles. The molecule has 4 aromatic rings. The van der Waals surface area contributed by atoms with Crippen LogP contribution in [0.25, 0.3) is 16.9 Å². The first-order chi connectivity index (χ1) is 14.3. The molecule has 1 N–H and O–H groups in total. The highest BCUT2D eigenvalue weighted by Gasteiger charge is 2.14. The van der Waals surface area contributed by atoms with Crippen molar-refractivity contribution < 1.29 is 0 Å². The minimum atomic E-state index is -0.440. The lowest BCUT2D eigenvalue weighted by molar-refractivity contribution is 0.590. The minimum absolute atomic E-state index is 0.125. The van der Waals surface area contributed by atoms with Crippen molar-refractivity contribution in [1.82, 2.24) is 14.6 Å². The largest absolute Gasteiger partial charge is 0.317 e. The van der Waals surface area contributed by atoms with Gasteiger partial charge >= 0.3 is 0 Å². The van der Waals surface area contributed by atoms with E-state index < -0.39 is 10.7 Å². The molecule has 2 aromatic heterocycles. The second-order valence-electron chi connectivity index (χ2n) is 8.09. The zero-order valence-corrected chi connectivity index (χ0v) is 18.1. The average molecular weight is 414 g/mol. The van der Waals surface area contributed by atoms with Gasteiger partial charge in [-0.05, 0) is 41.3 Å². The van der Waals surface area contributed by atoms with E-state index in [-0.39, 0.29) is 5.41 Å². The number of benzene rings is 2. The predicted molar refractivity (Wildman–Crippen MR) is 125 cm³/mol. The van der Waals surface area contributed by atoms with Crippen molar-refractivity contribution in [1.29, 1.82) is 5.26 Å². The Hall–Kier alpha value is -3.43. The highest BCUT2D eigenvalue weighted by atomic mass is 32.2. The van der Waals surface area contributed by atoms with Crippen molar-refractivity contribution in [3.63, 3.8) is 0 Å². The summed E-state index contributed by atoms with van der Waals surface area (Å²) in [6, 6.07) is 22.0. The molecule has 4 rings (SSSR count). The Kier molecular flexibility index (Phi) is 5.15. The van der Waals surface area contributed by atoms with Crippen LogP contribution in [0.15, 0.2) is 71.8 Å². The van der Waals surface area contributed by atoms with Crippen molar-refractivity contribution in [3.8, 4) is 17.3 Å². The van der Waals surface area contributed by atoms with Gasteiger partial charge in [-0.1, -0.05) is 61.6 Å². The van der Waals surface area contributed by atoms with Crippen LogP contribution in [-0.4, -0.2) is 20.5 Å². The van der Waals surface area contributed by atoms with E-state index in [0.717, 1.165) is 27.6 Å². The van der Waals surface area contributed by atoms with Crippen molar-refractivity contribution in [2.75, 3.05) is 4.72 Å². The normalized spacial score (nSPS) is 12.5. The molecule has 0 fully saturated rings. The van der Waals surface area contributed by atoms with Gasteiger partial charge in [-0.15, -0.1) is 0 Å². The van der Waals surface area contributed by atoms with Gasteiger partial charge in [-0.25, -0.2) is 4.98 Å². The van der Waals surface area contributed by atoms with E-state index >= 15 is 0 Å². The van der Waals surface area contributed by atoms with E-state index in [1.807, 2.05) is 24.3 Å². The quantitative estimate of drug-likeness (QED) is 0.439. The Balaban J connectivity index is 1.62. The van der Waals surface area contributed by atoms with Gasteiger partial charge < -0.3 is 4.72 Å². The molecule has 2 aromatic carbocycles. The molecule has 0 aliphatic rings. The molecule has 0 aliphatic carbocycles. The number of fused-ring (bicyclic) bond motifs is 1. The Morgan fingerprint density at radius 3 is 2.37 bits per heavy atom. The maximum absolute atomic E-state index is 8.99. The molecule has 0 saturated heterocycles. The van der Waals surface area contributed by atoms with E-state index in [0.29, 0.717) is 5.56 Å². The van der Waals surface area contributed by atoms with E-state index in [4.69, 9.17) is 10.4 Å². The first-order valence-corrected chi connectivity index (χ1v) is 11.0. The topological polar surface area (TPSA) is 66.0 Å². The van der Waals surface area contributed by atoms with Gasteiger partial charge in [0.15, 0.2) is 5.65 Å². The fourth-order valence-corrected chi connectivity index (χ4v) is 4.12. The highest BCUT2D eigenvalue weighted by Crippen LogP contribution is 2.30. The molecule has 0 bridgehead atoms. The first kappa shape index (κ1) is 19.9. The summed E-state index contributed by atoms with van der Waals surface area (Å²) in [6.45, 7) is 6.63. The molecule has 0 radical (unpaired) electrons. The fourth-order valence-electron chi connectivity index (χ4n) is 3.13. The Morgan fingerprint density at radius 2 is 1.73 bits per heavy atom. The van der Waals surface area contributed by atoms with Gasteiger partial charge in [0.05, 0.1) is 17.3 Å². The van der Waals surface area contributed by atoms with Crippen LogP contribution in [0.1, 0.15) is 31.9 Å². The van der Waals surface area contributed by atoms with Gasteiger partial charge in [0.1, 0.15) is 5.82 Å². The number of rotatable bonds is 4. The fraction of sp³-hybridized carbons (Fsp3) is 0.167. The third-order valence-corrected chi connectivity index (χ3v) is 6.20. The van der Waals surface area contributed by atoms with Crippen LogP contribution in [0.4, 0.5) is 5.82 Å². The number of nitrogens with zero attached hydrogens (tertiary/aromatic N) is 4. The molecule has 5 nitrogen and oxygen atoms in total. The van der Waals surface area contributed by atoms with Crippen LogP contribution >= 0.6 is 10.7 Å². The highest BCUT2D eigenvalue weighted by molar-refractivity contribution is 8.15. The third kappa shape index (κ3) is 3.98. The summed E-state index contributed by atoms with van der Waals surface area (Å²) >= 11 is 0. The van der Waals surface area contributed by atoms with Crippen molar-refractivity contribution in [3.05, 3.63) is 78.0 Å². The molecule has 0 spiro atoms. The number of nitrogens with one attached hydrogen (secondary N) is 1. The first-order valence-electron chi connectivity index (χ1n) is 9.62. The summed E-state index contributed by atoms with van der Waals surface area (Å²) in [5.41, 5.74) is 4.55. The molecule has 1 unspecified atom stereocenters. The Morgan fingerprint density at radius 1 is 1.03 bits per heavy atom. The third-order valence-electron chi connectivity index (χ3n) is 4.90. The van der Waals surface area contributed by atoms with E-state index in [9.17, 15) is 0 Å². The number of hydrogen-bond acceptors (Lipinski definition) is 4. The predicted octanol–water partition coefficient (Wildman–Crippen LogP) is 5.65. The molecule has 6 heteroatoms. The molecule has 30 heavy (non-hydrogen) atoms. The van der Waals surface area contributed by atoms with Gasteiger partial charge in [0.2, 0.25) is 0 Å². The molecular weight excluding hydrogens is 390 g/mol. The second kappa shape index (κ2) is 7.77. The Bertz CT molecular complexity index is 1260. The van der Waals surface area contributed by atoms with E-state index in [1.54, 1.807) is 22.8 Å². The number of anilines is 1. The summed E-state index contributed by atoms with van der Waals surface area (Å²) in [5, 5.41) is 13.7.